The molecule has 0 bridgehead atoms. The molecule has 0 saturated heterocycles. The number of rotatable bonds is 3. The number of carbonyl (C=O) groups is 1. The Bertz CT molecular complexity index is 530. The first-order chi connectivity index (χ1) is 7.56. The summed E-state index contributed by atoms with van der Waals surface area (Å²) in [5.74, 6) is -0.254. The number of hydrogen-bond donors (Lipinski definition) is 1. The Morgan fingerprint density at radius 3 is 2.88 bits per heavy atom. The van der Waals surface area contributed by atoms with Crippen molar-refractivity contribution in [2.45, 2.75) is 13.5 Å². The molecule has 84 valence electrons. The third-order valence-corrected chi connectivity index (χ3v) is 2.55. The summed E-state index contributed by atoms with van der Waals surface area (Å²) in [6.07, 6.45) is 1.49. The van der Waals surface area contributed by atoms with Gasteiger partial charge in [-0.2, -0.15) is 5.10 Å². The molecule has 0 aliphatic carbocycles. The van der Waals surface area contributed by atoms with E-state index >= 15 is 0 Å². The SMILES string of the molecule is Cc1nn(Cc2ccc(Br)o2)cc1C(=O)O. The molecular formula is C10H9BrN2O3. The van der Waals surface area contributed by atoms with Crippen LogP contribution in [-0.4, -0.2) is 20.9 Å². The molecule has 2 aromatic rings. The lowest BCUT2D eigenvalue weighted by atomic mass is 10.3. The van der Waals surface area contributed by atoms with Crippen LogP contribution in [0, 0.1) is 6.92 Å². The van der Waals surface area contributed by atoms with Gasteiger partial charge in [0.05, 0.1) is 12.2 Å². The molecule has 0 aliphatic rings. The Labute approximate surface area is 99.8 Å². The summed E-state index contributed by atoms with van der Waals surface area (Å²) in [6.45, 7) is 2.08. The molecule has 1 N–H and O–H groups in total. The summed E-state index contributed by atoms with van der Waals surface area (Å²) in [5, 5.41) is 13.0. The van der Waals surface area contributed by atoms with Gasteiger partial charge in [-0.3, -0.25) is 4.68 Å². The third-order valence-electron chi connectivity index (χ3n) is 2.12. The second kappa shape index (κ2) is 4.13. The largest absolute Gasteiger partial charge is 0.478 e. The van der Waals surface area contributed by atoms with E-state index < -0.39 is 5.97 Å². The van der Waals surface area contributed by atoms with Crippen molar-refractivity contribution in [1.82, 2.24) is 9.78 Å². The second-order valence-electron chi connectivity index (χ2n) is 3.34. The molecule has 6 heteroatoms. The molecule has 0 spiro atoms. The van der Waals surface area contributed by atoms with Crippen LogP contribution in [0.1, 0.15) is 21.8 Å². The molecule has 0 atom stereocenters. The summed E-state index contributed by atoms with van der Waals surface area (Å²) >= 11 is 3.20. The minimum atomic E-state index is -0.968. The second-order valence-corrected chi connectivity index (χ2v) is 4.12. The summed E-state index contributed by atoms with van der Waals surface area (Å²) in [5.41, 5.74) is 0.712. The van der Waals surface area contributed by atoms with E-state index in [1.807, 2.05) is 6.07 Å². The Morgan fingerprint density at radius 2 is 2.38 bits per heavy atom. The monoisotopic (exact) mass is 284 g/mol. The van der Waals surface area contributed by atoms with Crippen LogP contribution < -0.4 is 0 Å². The zero-order chi connectivity index (χ0) is 11.7. The molecule has 0 amide bonds. The van der Waals surface area contributed by atoms with E-state index in [1.54, 1.807) is 17.7 Å². The van der Waals surface area contributed by atoms with Gasteiger partial charge in [0.2, 0.25) is 0 Å². The van der Waals surface area contributed by atoms with Gasteiger partial charge in [0.15, 0.2) is 4.67 Å². The van der Waals surface area contributed by atoms with E-state index in [1.165, 1.54) is 6.20 Å². The van der Waals surface area contributed by atoms with E-state index in [0.717, 1.165) is 0 Å². The smallest absolute Gasteiger partial charge is 0.339 e. The van der Waals surface area contributed by atoms with Crippen molar-refractivity contribution >= 4 is 21.9 Å². The van der Waals surface area contributed by atoms with Crippen LogP contribution in [0.3, 0.4) is 0 Å². The number of carboxylic acid groups (broad SMARTS) is 1. The van der Waals surface area contributed by atoms with Crippen molar-refractivity contribution in [2.24, 2.45) is 0 Å². The lowest BCUT2D eigenvalue weighted by molar-refractivity contribution is 0.0696. The lowest BCUT2D eigenvalue weighted by Crippen LogP contribution is -1.99. The van der Waals surface area contributed by atoms with E-state index in [2.05, 4.69) is 21.0 Å². The van der Waals surface area contributed by atoms with Crippen molar-refractivity contribution < 1.29 is 14.3 Å². The molecule has 16 heavy (non-hydrogen) atoms. The Hall–Kier alpha value is -1.56. The normalized spacial score (nSPS) is 10.6. The van der Waals surface area contributed by atoms with Crippen LogP contribution in [0.15, 0.2) is 27.4 Å². The van der Waals surface area contributed by atoms with E-state index in [0.29, 0.717) is 22.7 Å². The molecule has 2 aromatic heterocycles. The molecule has 0 fully saturated rings. The maximum Gasteiger partial charge on any atom is 0.339 e. The van der Waals surface area contributed by atoms with Gasteiger partial charge >= 0.3 is 5.97 Å². The fourth-order valence-electron chi connectivity index (χ4n) is 1.41. The van der Waals surface area contributed by atoms with Gasteiger partial charge in [0, 0.05) is 6.20 Å². The molecule has 5 nitrogen and oxygen atoms in total. The predicted octanol–water partition coefficient (Wildman–Crippen LogP) is 2.29. The molecule has 2 rings (SSSR count). The number of aromatic nitrogens is 2. The van der Waals surface area contributed by atoms with Crippen molar-refractivity contribution in [2.75, 3.05) is 0 Å². The number of halogens is 1. The highest BCUT2D eigenvalue weighted by molar-refractivity contribution is 9.10. The number of aromatic carboxylic acids is 1. The van der Waals surface area contributed by atoms with Gasteiger partial charge in [-0.05, 0) is 35.0 Å². The zero-order valence-electron chi connectivity index (χ0n) is 8.48. The van der Waals surface area contributed by atoms with Crippen LogP contribution in [0.5, 0.6) is 0 Å². The first kappa shape index (κ1) is 10.9. The van der Waals surface area contributed by atoms with Gasteiger partial charge in [0.25, 0.3) is 0 Å². The molecule has 2 heterocycles. The van der Waals surface area contributed by atoms with Crippen LogP contribution >= 0.6 is 15.9 Å². The van der Waals surface area contributed by atoms with Crippen molar-refractivity contribution in [3.05, 3.63) is 40.0 Å². The van der Waals surface area contributed by atoms with Crippen LogP contribution in [0.25, 0.3) is 0 Å². The fraction of sp³-hybridized carbons (Fsp3) is 0.200. The van der Waals surface area contributed by atoms with Crippen molar-refractivity contribution in [3.8, 4) is 0 Å². The lowest BCUT2D eigenvalue weighted by Gasteiger charge is -1.96. The summed E-state index contributed by atoms with van der Waals surface area (Å²) < 4.78 is 7.49. The minimum Gasteiger partial charge on any atom is -0.478 e. The van der Waals surface area contributed by atoms with Gasteiger partial charge in [-0.25, -0.2) is 4.79 Å². The van der Waals surface area contributed by atoms with Crippen LogP contribution in [0.2, 0.25) is 0 Å². The highest BCUT2D eigenvalue weighted by Gasteiger charge is 2.12. The molecule has 0 radical (unpaired) electrons. The first-order valence-corrected chi connectivity index (χ1v) is 5.37. The average Bonchev–Trinajstić information content (AvgIpc) is 2.73. The highest BCUT2D eigenvalue weighted by atomic mass is 79.9. The molecule has 0 aromatic carbocycles. The van der Waals surface area contributed by atoms with Gasteiger partial charge in [-0.1, -0.05) is 0 Å². The van der Waals surface area contributed by atoms with Crippen LogP contribution in [0.4, 0.5) is 0 Å². The summed E-state index contributed by atoms with van der Waals surface area (Å²) in [4.78, 5) is 10.8. The number of furan rings is 1. The van der Waals surface area contributed by atoms with Crippen molar-refractivity contribution in [3.63, 3.8) is 0 Å². The van der Waals surface area contributed by atoms with Crippen LogP contribution in [-0.2, 0) is 6.54 Å². The van der Waals surface area contributed by atoms with E-state index in [4.69, 9.17) is 9.52 Å². The van der Waals surface area contributed by atoms with E-state index in [-0.39, 0.29) is 5.56 Å². The molecule has 0 aliphatic heterocycles. The maximum absolute atomic E-state index is 10.8. The zero-order valence-corrected chi connectivity index (χ0v) is 10.1. The third kappa shape index (κ3) is 2.16. The van der Waals surface area contributed by atoms with E-state index in [9.17, 15) is 4.79 Å². The predicted molar refractivity (Wildman–Crippen MR) is 59.4 cm³/mol. The maximum atomic E-state index is 10.8. The van der Waals surface area contributed by atoms with Crippen molar-refractivity contribution in [1.29, 1.82) is 0 Å². The number of carboxylic acids is 1. The summed E-state index contributed by atoms with van der Waals surface area (Å²) in [7, 11) is 0. The number of aryl methyl sites for hydroxylation is 1. The topological polar surface area (TPSA) is 68.3 Å². The molecule has 0 unspecified atom stereocenters. The quantitative estimate of drug-likeness (QED) is 0.939. The fourth-order valence-corrected chi connectivity index (χ4v) is 1.75. The Balaban J connectivity index is 2.22. The average molecular weight is 285 g/mol. The Morgan fingerprint density at radius 1 is 1.62 bits per heavy atom. The van der Waals surface area contributed by atoms with Gasteiger partial charge in [-0.15, -0.1) is 0 Å². The highest BCUT2D eigenvalue weighted by Crippen LogP contribution is 2.15. The molecular weight excluding hydrogens is 276 g/mol. The summed E-state index contributed by atoms with van der Waals surface area (Å²) in [6, 6.07) is 3.59. The number of nitrogens with zero attached hydrogens (tertiary/aromatic N) is 2. The molecule has 0 saturated carbocycles. The van der Waals surface area contributed by atoms with Gasteiger partial charge < -0.3 is 9.52 Å². The Kier molecular flexibility index (Phi) is 2.82. The first-order valence-electron chi connectivity index (χ1n) is 4.58. The number of hydrogen-bond acceptors (Lipinski definition) is 3. The standard InChI is InChI=1S/C10H9BrN2O3/c1-6-8(10(14)15)5-13(12-6)4-7-2-3-9(11)16-7/h2-3,5H,4H2,1H3,(H,14,15). The minimum absolute atomic E-state index is 0.214. The van der Waals surface area contributed by atoms with Gasteiger partial charge in [0.1, 0.15) is 11.3 Å².